The van der Waals surface area contributed by atoms with Crippen molar-refractivity contribution in [2.75, 3.05) is 0 Å². The van der Waals surface area contributed by atoms with Gasteiger partial charge in [-0.05, 0) is 69.3 Å². The zero-order valence-electron chi connectivity index (χ0n) is 30.8. The van der Waals surface area contributed by atoms with Gasteiger partial charge in [0, 0.05) is 18.6 Å². The zero-order valence-corrected chi connectivity index (χ0v) is 31.8. The zero-order chi connectivity index (χ0) is 35.1. The maximum absolute atomic E-state index is 5.05. The first-order chi connectivity index (χ1) is 25.2. The molecule has 259 valence electrons. The van der Waals surface area contributed by atoms with E-state index >= 15 is 0 Å². The van der Waals surface area contributed by atoms with E-state index in [0.29, 0.717) is 0 Å². The van der Waals surface area contributed by atoms with Crippen LogP contribution in [0.2, 0.25) is 0 Å². The summed E-state index contributed by atoms with van der Waals surface area (Å²) in [5.74, 6) is 0.0965. The summed E-state index contributed by atoms with van der Waals surface area (Å²) in [5, 5.41) is 4.40. The Morgan fingerprint density at radius 2 is 1.04 bits per heavy atom. The number of aryl methyl sites for hydroxylation is 2. The maximum atomic E-state index is 5.05. The van der Waals surface area contributed by atoms with Gasteiger partial charge in [0.15, 0.2) is 8.07 Å². The van der Waals surface area contributed by atoms with E-state index in [4.69, 9.17) is 4.98 Å². The molecule has 0 atom stereocenters. The van der Waals surface area contributed by atoms with Crippen LogP contribution in [0.1, 0.15) is 93.3 Å². The fraction of sp³-hybridized carbons (Fsp3) is 0.298. The summed E-state index contributed by atoms with van der Waals surface area (Å²) >= 11 is 0. The Bertz CT molecular complexity index is 1790. The van der Waals surface area contributed by atoms with Gasteiger partial charge < -0.3 is 4.57 Å². The molecule has 1 aromatic heterocycles. The minimum absolute atomic E-state index is 0.0965. The highest BCUT2D eigenvalue weighted by atomic mass is 28.3. The van der Waals surface area contributed by atoms with Gasteiger partial charge in [-0.1, -0.05) is 192 Å². The van der Waals surface area contributed by atoms with Crippen LogP contribution in [0.3, 0.4) is 0 Å². The molecular weight excluding hydrogens is 631 g/mol. The number of imidazole rings is 1. The number of aromatic nitrogens is 2. The fourth-order valence-corrected chi connectivity index (χ4v) is 12.4. The molecule has 0 aliphatic carbocycles. The molecule has 51 heavy (non-hydrogen) atoms. The van der Waals surface area contributed by atoms with E-state index in [-0.39, 0.29) is 5.82 Å². The predicted molar refractivity (Wildman–Crippen MR) is 222 cm³/mol. The van der Waals surface area contributed by atoms with Crippen molar-refractivity contribution < 1.29 is 0 Å². The van der Waals surface area contributed by atoms with E-state index in [0.717, 1.165) is 24.7 Å². The average Bonchev–Trinajstić information content (AvgIpc) is 3.63. The minimum atomic E-state index is -2.64. The fourth-order valence-electron chi connectivity index (χ4n) is 7.72. The largest absolute Gasteiger partial charge is 0.345 e. The predicted octanol–water partition coefficient (Wildman–Crippen LogP) is 8.96. The van der Waals surface area contributed by atoms with Crippen molar-refractivity contribution in [1.29, 1.82) is 0 Å². The van der Waals surface area contributed by atoms with Gasteiger partial charge >= 0.3 is 0 Å². The van der Waals surface area contributed by atoms with E-state index < -0.39 is 8.07 Å². The molecule has 0 saturated carbocycles. The van der Waals surface area contributed by atoms with Gasteiger partial charge in [0.2, 0.25) is 7.28 Å². The Morgan fingerprint density at radius 1 is 0.549 bits per heavy atom. The molecule has 0 amide bonds. The molecule has 4 heteroatoms. The Labute approximate surface area is 309 Å². The highest BCUT2D eigenvalue weighted by Gasteiger charge is 2.41. The first-order valence-electron chi connectivity index (χ1n) is 19.4. The quantitative estimate of drug-likeness (QED) is 0.0473. The van der Waals surface area contributed by atoms with Gasteiger partial charge in [-0.25, -0.2) is 0 Å². The molecular formula is C47H54BN2Si. The number of benzene rings is 5. The van der Waals surface area contributed by atoms with Crippen molar-refractivity contribution in [2.24, 2.45) is 0 Å². The lowest BCUT2D eigenvalue weighted by Crippen LogP contribution is -2.70. The van der Waals surface area contributed by atoms with Crippen LogP contribution < -0.4 is 21.3 Å². The highest BCUT2D eigenvalue weighted by Crippen LogP contribution is 2.24. The molecule has 0 saturated heterocycles. The van der Waals surface area contributed by atoms with E-state index in [1.807, 2.05) is 6.20 Å². The summed E-state index contributed by atoms with van der Waals surface area (Å²) in [7, 11) is -0.260. The lowest BCUT2D eigenvalue weighted by molar-refractivity contribution is 0.667. The van der Waals surface area contributed by atoms with Crippen LogP contribution in [-0.2, 0) is 19.0 Å². The monoisotopic (exact) mass is 685 g/mol. The third-order valence-electron chi connectivity index (χ3n) is 10.5. The van der Waals surface area contributed by atoms with Crippen LogP contribution in [0.5, 0.6) is 0 Å². The molecule has 1 radical (unpaired) electrons. The summed E-state index contributed by atoms with van der Waals surface area (Å²) in [6, 6.07) is 52.5. The smallest absolute Gasteiger partial charge is 0.215 e. The summed E-state index contributed by atoms with van der Waals surface area (Å²) in [4.78, 5) is 5.05. The second-order valence-electron chi connectivity index (χ2n) is 14.2. The van der Waals surface area contributed by atoms with Crippen LogP contribution in [0.4, 0.5) is 0 Å². The summed E-state index contributed by atoms with van der Waals surface area (Å²) < 4.78 is 2.46. The lowest BCUT2D eigenvalue weighted by atomic mass is 9.58. The topological polar surface area (TPSA) is 17.8 Å². The highest BCUT2D eigenvalue weighted by molar-refractivity contribution is 7.10. The molecule has 0 fully saturated rings. The molecule has 6 aromatic rings. The van der Waals surface area contributed by atoms with Crippen molar-refractivity contribution in [1.82, 2.24) is 9.55 Å². The van der Waals surface area contributed by atoms with Crippen molar-refractivity contribution in [3.8, 4) is 0 Å². The Hall–Kier alpha value is -4.41. The van der Waals surface area contributed by atoms with Crippen LogP contribution in [-0.4, -0.2) is 24.9 Å². The van der Waals surface area contributed by atoms with E-state index in [1.54, 1.807) is 0 Å². The minimum Gasteiger partial charge on any atom is -0.345 e. The normalized spacial score (nSPS) is 11.6. The Kier molecular flexibility index (Phi) is 13.4. The number of rotatable bonds is 19. The summed E-state index contributed by atoms with van der Waals surface area (Å²) in [6.45, 7) is 4.59. The lowest BCUT2D eigenvalue weighted by Gasteiger charge is -2.35. The number of nitrogens with zero attached hydrogens (tertiary/aromatic N) is 2. The Morgan fingerprint density at radius 3 is 1.55 bits per heavy atom. The molecule has 6 rings (SSSR count). The molecule has 0 spiro atoms. The van der Waals surface area contributed by atoms with Crippen molar-refractivity contribution in [3.05, 3.63) is 174 Å². The first-order valence-corrected chi connectivity index (χ1v) is 21.6. The molecule has 0 unspecified atom stereocenters. The van der Waals surface area contributed by atoms with Crippen LogP contribution in [0, 0.1) is 0 Å². The van der Waals surface area contributed by atoms with Crippen LogP contribution in [0.15, 0.2) is 152 Å². The number of hydrogen-bond acceptors (Lipinski definition) is 1. The van der Waals surface area contributed by atoms with E-state index in [1.165, 1.54) is 89.2 Å². The molecule has 0 bridgehead atoms. The maximum Gasteiger partial charge on any atom is 0.215 e. The van der Waals surface area contributed by atoms with Gasteiger partial charge in [-0.2, -0.15) is 0 Å². The van der Waals surface area contributed by atoms with Gasteiger partial charge in [0.25, 0.3) is 0 Å². The third kappa shape index (κ3) is 9.29. The van der Waals surface area contributed by atoms with E-state index in [9.17, 15) is 0 Å². The second-order valence-corrected chi connectivity index (χ2v) is 18.0. The standard InChI is InChI=1S/C47H54BN2Si/c1-3-5-7-12-22-39-24-20-32-44(36-39)51(43-30-18-11-19-31-43,45-33-21-25-40(37-45)23-13-8-6-4-2)38-50-35-34-49-47(50)48-46(41-26-14-9-15-27-41)42-28-16-10-17-29-42/h9-11,14-21,24-37,46H,3-8,12-13,22-23,38H2,1-2H3. The van der Waals surface area contributed by atoms with Crippen molar-refractivity contribution in [2.45, 2.75) is 90.0 Å². The third-order valence-corrected chi connectivity index (χ3v) is 15.3. The number of unbranched alkanes of at least 4 members (excludes halogenated alkanes) is 6. The summed E-state index contributed by atoms with van der Waals surface area (Å²) in [5.41, 5.74) is 6.48. The summed E-state index contributed by atoms with van der Waals surface area (Å²) in [6.07, 6.45) is 17.5. The van der Waals surface area contributed by atoms with Crippen LogP contribution >= 0.6 is 0 Å². The molecule has 5 aromatic carbocycles. The first kappa shape index (κ1) is 36.4. The van der Waals surface area contributed by atoms with Crippen molar-refractivity contribution in [3.63, 3.8) is 0 Å². The number of hydrogen-bond donors (Lipinski definition) is 0. The van der Waals surface area contributed by atoms with Gasteiger partial charge in [-0.15, -0.1) is 0 Å². The second kappa shape index (κ2) is 18.7. The van der Waals surface area contributed by atoms with E-state index in [2.05, 4.69) is 171 Å². The van der Waals surface area contributed by atoms with Gasteiger partial charge in [0.1, 0.15) is 0 Å². The Balaban J connectivity index is 1.46. The molecule has 1 heterocycles. The van der Waals surface area contributed by atoms with Gasteiger partial charge in [0.05, 0.1) is 5.72 Å². The molecule has 0 aliphatic heterocycles. The molecule has 2 nitrogen and oxygen atoms in total. The van der Waals surface area contributed by atoms with Crippen LogP contribution in [0.25, 0.3) is 0 Å². The van der Waals surface area contributed by atoms with Crippen molar-refractivity contribution >= 4 is 36.6 Å². The van der Waals surface area contributed by atoms with Gasteiger partial charge in [-0.3, -0.25) is 4.98 Å². The average molecular weight is 686 g/mol. The molecule has 0 aliphatic rings. The molecule has 0 N–H and O–H groups in total. The SMILES string of the molecule is CCCCCCc1cccc([Si](Cn2ccnc2[B]C(c2ccccc2)c2ccccc2)(c2ccccc2)c2cccc(CCCCCC)c2)c1.